The largest absolute Gasteiger partial charge is 0.481 e. The number of aliphatic carboxylic acids is 1. The average Bonchev–Trinajstić information content (AvgIpc) is 2.74. The van der Waals surface area contributed by atoms with E-state index in [-0.39, 0.29) is 25.8 Å². The van der Waals surface area contributed by atoms with E-state index in [9.17, 15) is 9.59 Å². The molecule has 0 bridgehead atoms. The molecule has 2 aliphatic heterocycles. The minimum atomic E-state index is -0.882. The first kappa shape index (κ1) is 12.1. The average molecular weight is 284 g/mol. The Labute approximate surface area is 113 Å². The van der Waals surface area contributed by atoms with Crippen LogP contribution in [-0.4, -0.2) is 41.8 Å². The van der Waals surface area contributed by atoms with E-state index in [0.717, 1.165) is 0 Å². The van der Waals surface area contributed by atoms with Crippen LogP contribution in [0, 0.1) is 5.92 Å². The molecular formula is C12H10ClNO5. The number of benzene rings is 1. The highest BCUT2D eigenvalue weighted by molar-refractivity contribution is 6.32. The van der Waals surface area contributed by atoms with Crippen LogP contribution in [-0.2, 0) is 4.79 Å². The van der Waals surface area contributed by atoms with Gasteiger partial charge in [0.1, 0.15) is 0 Å². The topological polar surface area (TPSA) is 76.1 Å². The number of likely N-dealkylation sites (tertiary alicyclic amines) is 1. The number of hydrogen-bond acceptors (Lipinski definition) is 4. The summed E-state index contributed by atoms with van der Waals surface area (Å²) < 4.78 is 10.3. The predicted octanol–water partition coefficient (Wildman–Crippen LogP) is 1.23. The second kappa shape index (κ2) is 4.31. The highest BCUT2D eigenvalue weighted by atomic mass is 35.5. The zero-order valence-corrected chi connectivity index (χ0v) is 10.5. The number of carbonyl (C=O) groups excluding carboxylic acids is 1. The molecule has 0 saturated carbocycles. The molecule has 0 aliphatic carbocycles. The molecule has 1 amide bonds. The van der Waals surface area contributed by atoms with Gasteiger partial charge in [-0.2, -0.15) is 0 Å². The number of hydrogen-bond donors (Lipinski definition) is 1. The van der Waals surface area contributed by atoms with Gasteiger partial charge >= 0.3 is 5.97 Å². The summed E-state index contributed by atoms with van der Waals surface area (Å²) in [5, 5.41) is 9.09. The molecule has 0 radical (unpaired) electrons. The van der Waals surface area contributed by atoms with Gasteiger partial charge in [-0.25, -0.2) is 0 Å². The Morgan fingerprint density at radius 1 is 1.32 bits per heavy atom. The standard InChI is InChI=1S/C12H10ClNO5/c13-8-1-6(2-9-10(8)19-5-18-9)11(15)14-3-7(4-14)12(16)17/h1-2,7H,3-5H2,(H,16,17). The number of carbonyl (C=O) groups is 2. The Morgan fingerprint density at radius 2 is 2.05 bits per heavy atom. The van der Waals surface area contributed by atoms with Crippen molar-refractivity contribution in [3.05, 3.63) is 22.7 Å². The molecule has 0 aromatic heterocycles. The summed E-state index contributed by atoms with van der Waals surface area (Å²) >= 11 is 5.99. The summed E-state index contributed by atoms with van der Waals surface area (Å²) in [7, 11) is 0. The van der Waals surface area contributed by atoms with Gasteiger partial charge in [0.2, 0.25) is 6.79 Å². The highest BCUT2D eigenvalue weighted by Gasteiger charge is 2.36. The Bertz CT molecular complexity index is 567. The second-order valence-corrected chi connectivity index (χ2v) is 4.84. The maximum atomic E-state index is 12.1. The van der Waals surface area contributed by atoms with Gasteiger partial charge in [0.05, 0.1) is 10.9 Å². The summed E-state index contributed by atoms with van der Waals surface area (Å²) in [6.07, 6.45) is 0. The van der Waals surface area contributed by atoms with E-state index < -0.39 is 11.9 Å². The number of fused-ring (bicyclic) bond motifs is 1. The molecule has 2 heterocycles. The minimum absolute atomic E-state index is 0.0809. The van der Waals surface area contributed by atoms with Crippen molar-refractivity contribution in [2.24, 2.45) is 5.92 Å². The lowest BCUT2D eigenvalue weighted by molar-refractivity contribution is -0.146. The quantitative estimate of drug-likeness (QED) is 0.883. The van der Waals surface area contributed by atoms with Crippen molar-refractivity contribution in [1.82, 2.24) is 4.90 Å². The number of ether oxygens (including phenoxy) is 2. The zero-order chi connectivity index (χ0) is 13.6. The van der Waals surface area contributed by atoms with E-state index in [2.05, 4.69) is 0 Å². The van der Waals surface area contributed by atoms with E-state index in [1.807, 2.05) is 0 Å². The van der Waals surface area contributed by atoms with Crippen molar-refractivity contribution in [2.75, 3.05) is 19.9 Å². The Kier molecular flexibility index (Phi) is 2.74. The summed E-state index contributed by atoms with van der Waals surface area (Å²) in [5.41, 5.74) is 0.373. The van der Waals surface area contributed by atoms with Crippen molar-refractivity contribution in [3.8, 4) is 11.5 Å². The lowest BCUT2D eigenvalue weighted by Crippen LogP contribution is -2.53. The third-order valence-corrected chi connectivity index (χ3v) is 3.47. The van der Waals surface area contributed by atoms with Crippen molar-refractivity contribution < 1.29 is 24.2 Å². The van der Waals surface area contributed by atoms with Gasteiger partial charge in [0.15, 0.2) is 11.5 Å². The molecule has 7 heteroatoms. The number of halogens is 1. The lowest BCUT2D eigenvalue weighted by atomic mass is 9.99. The van der Waals surface area contributed by atoms with Crippen LogP contribution in [0.25, 0.3) is 0 Å². The molecule has 1 N–H and O–H groups in total. The lowest BCUT2D eigenvalue weighted by Gasteiger charge is -2.36. The van der Waals surface area contributed by atoms with Crippen LogP contribution in [0.5, 0.6) is 11.5 Å². The fraction of sp³-hybridized carbons (Fsp3) is 0.333. The van der Waals surface area contributed by atoms with E-state index in [0.29, 0.717) is 22.1 Å². The number of nitrogens with zero attached hydrogens (tertiary/aromatic N) is 1. The number of carboxylic acids is 1. The minimum Gasteiger partial charge on any atom is -0.481 e. The van der Waals surface area contributed by atoms with Crippen LogP contribution < -0.4 is 9.47 Å². The molecular weight excluding hydrogens is 274 g/mol. The molecule has 1 fully saturated rings. The maximum Gasteiger partial charge on any atom is 0.310 e. The fourth-order valence-electron chi connectivity index (χ4n) is 2.07. The van der Waals surface area contributed by atoms with Crippen molar-refractivity contribution in [2.45, 2.75) is 0 Å². The summed E-state index contributed by atoms with van der Waals surface area (Å²) in [4.78, 5) is 24.3. The summed E-state index contributed by atoms with van der Waals surface area (Å²) in [6.45, 7) is 0.526. The third kappa shape index (κ3) is 1.98. The van der Waals surface area contributed by atoms with E-state index in [4.69, 9.17) is 26.2 Å². The predicted molar refractivity (Wildman–Crippen MR) is 64.6 cm³/mol. The molecule has 19 heavy (non-hydrogen) atoms. The van der Waals surface area contributed by atoms with Gasteiger partial charge in [-0.1, -0.05) is 11.6 Å². The Morgan fingerprint density at radius 3 is 2.74 bits per heavy atom. The SMILES string of the molecule is O=C(O)C1CN(C(=O)c2cc(Cl)c3c(c2)OCO3)C1. The first-order valence-electron chi connectivity index (χ1n) is 5.67. The fourth-order valence-corrected chi connectivity index (χ4v) is 2.34. The molecule has 6 nitrogen and oxygen atoms in total. The second-order valence-electron chi connectivity index (χ2n) is 4.44. The molecule has 1 aromatic rings. The van der Waals surface area contributed by atoms with Gasteiger partial charge < -0.3 is 19.5 Å². The van der Waals surface area contributed by atoms with E-state index in [1.165, 1.54) is 11.0 Å². The van der Waals surface area contributed by atoms with Crippen LogP contribution in [0.15, 0.2) is 12.1 Å². The molecule has 0 spiro atoms. The third-order valence-electron chi connectivity index (χ3n) is 3.19. The smallest absolute Gasteiger partial charge is 0.310 e. The Hall–Kier alpha value is -1.95. The first-order chi connectivity index (χ1) is 9.06. The van der Waals surface area contributed by atoms with Crippen LogP contribution in [0.4, 0.5) is 0 Å². The summed E-state index contributed by atoms with van der Waals surface area (Å²) in [5.74, 6) is -0.740. The van der Waals surface area contributed by atoms with E-state index in [1.54, 1.807) is 6.07 Å². The molecule has 1 aromatic carbocycles. The molecule has 3 rings (SSSR count). The number of rotatable bonds is 2. The Balaban J connectivity index is 1.78. The zero-order valence-electron chi connectivity index (χ0n) is 9.76. The molecule has 0 unspecified atom stereocenters. The van der Waals surface area contributed by atoms with E-state index >= 15 is 0 Å². The van der Waals surface area contributed by atoms with Gasteiger partial charge in [-0.15, -0.1) is 0 Å². The molecule has 0 atom stereocenters. The van der Waals surface area contributed by atoms with Crippen LogP contribution in [0.3, 0.4) is 0 Å². The molecule has 1 saturated heterocycles. The highest BCUT2D eigenvalue weighted by Crippen LogP contribution is 2.40. The number of carboxylic acid groups (broad SMARTS) is 1. The van der Waals surface area contributed by atoms with Crippen molar-refractivity contribution in [1.29, 1.82) is 0 Å². The van der Waals surface area contributed by atoms with Gasteiger partial charge in [0, 0.05) is 18.7 Å². The maximum absolute atomic E-state index is 12.1. The van der Waals surface area contributed by atoms with Gasteiger partial charge in [-0.05, 0) is 12.1 Å². The first-order valence-corrected chi connectivity index (χ1v) is 6.05. The molecule has 100 valence electrons. The van der Waals surface area contributed by atoms with Crippen LogP contribution in [0.1, 0.15) is 10.4 Å². The van der Waals surface area contributed by atoms with Crippen LogP contribution >= 0.6 is 11.6 Å². The number of amides is 1. The van der Waals surface area contributed by atoms with Gasteiger partial charge in [-0.3, -0.25) is 9.59 Å². The normalized spacial score (nSPS) is 17.2. The van der Waals surface area contributed by atoms with Crippen molar-refractivity contribution in [3.63, 3.8) is 0 Å². The molecule has 2 aliphatic rings. The van der Waals surface area contributed by atoms with Crippen molar-refractivity contribution >= 4 is 23.5 Å². The summed E-state index contributed by atoms with van der Waals surface area (Å²) in [6, 6.07) is 3.07. The monoisotopic (exact) mass is 283 g/mol. The van der Waals surface area contributed by atoms with Crippen LogP contribution in [0.2, 0.25) is 5.02 Å². The van der Waals surface area contributed by atoms with Gasteiger partial charge in [0.25, 0.3) is 5.91 Å².